The Morgan fingerprint density at radius 2 is 1.66 bits per heavy atom. The van der Waals surface area contributed by atoms with E-state index in [1.807, 2.05) is 35.2 Å². The maximum atomic E-state index is 13.2. The second kappa shape index (κ2) is 11.3. The molecule has 0 radical (unpaired) electrons. The number of morpholine rings is 1. The molecule has 32 heavy (non-hydrogen) atoms. The number of benzene rings is 1. The van der Waals surface area contributed by atoms with Gasteiger partial charge in [0.15, 0.2) is 0 Å². The minimum absolute atomic E-state index is 0.0852. The third kappa shape index (κ3) is 6.10. The van der Waals surface area contributed by atoms with Gasteiger partial charge in [0, 0.05) is 32.2 Å². The molecule has 1 aromatic carbocycles. The molecule has 6 nitrogen and oxygen atoms in total. The molecule has 1 aromatic rings. The molecule has 6 heteroatoms. The normalized spacial score (nSPS) is 24.9. The van der Waals surface area contributed by atoms with Crippen molar-refractivity contribution in [3.63, 3.8) is 0 Å². The van der Waals surface area contributed by atoms with Crippen LogP contribution in [-0.2, 0) is 14.3 Å². The van der Waals surface area contributed by atoms with Crippen molar-refractivity contribution in [1.29, 1.82) is 0 Å². The molecule has 2 amide bonds. The molecule has 0 aromatic heterocycles. The number of piperidine rings is 1. The summed E-state index contributed by atoms with van der Waals surface area (Å²) in [5, 5.41) is 3.30. The van der Waals surface area contributed by atoms with Crippen molar-refractivity contribution >= 4 is 11.8 Å². The Bertz CT molecular complexity index is 736. The van der Waals surface area contributed by atoms with E-state index >= 15 is 0 Å². The Balaban J connectivity index is 1.55. The van der Waals surface area contributed by atoms with Gasteiger partial charge in [-0.15, -0.1) is 0 Å². The van der Waals surface area contributed by atoms with E-state index in [0.29, 0.717) is 13.1 Å². The van der Waals surface area contributed by atoms with Gasteiger partial charge in [-0.3, -0.25) is 14.5 Å². The van der Waals surface area contributed by atoms with Crippen molar-refractivity contribution < 1.29 is 14.3 Å². The molecule has 2 aliphatic rings. The maximum Gasteiger partial charge on any atom is 0.237 e. The van der Waals surface area contributed by atoms with E-state index in [1.165, 1.54) is 0 Å². The van der Waals surface area contributed by atoms with Crippen LogP contribution in [-0.4, -0.2) is 72.1 Å². The van der Waals surface area contributed by atoms with E-state index in [9.17, 15) is 9.59 Å². The molecule has 2 aliphatic heterocycles. The molecule has 2 saturated heterocycles. The van der Waals surface area contributed by atoms with Gasteiger partial charge >= 0.3 is 0 Å². The third-order valence-corrected chi connectivity index (χ3v) is 6.80. The Morgan fingerprint density at radius 1 is 1.06 bits per heavy atom. The summed E-state index contributed by atoms with van der Waals surface area (Å²) in [5.74, 6) is 0.463. The monoisotopic (exact) mass is 443 g/mol. The first kappa shape index (κ1) is 24.7. The molecule has 2 fully saturated rings. The number of nitrogens with one attached hydrogen (secondary N) is 1. The van der Waals surface area contributed by atoms with Crippen molar-refractivity contribution in [1.82, 2.24) is 15.1 Å². The van der Waals surface area contributed by atoms with E-state index in [1.54, 1.807) is 0 Å². The minimum Gasteiger partial charge on any atom is -0.373 e. The molecule has 4 atom stereocenters. The van der Waals surface area contributed by atoms with Gasteiger partial charge in [-0.25, -0.2) is 0 Å². The van der Waals surface area contributed by atoms with Crippen LogP contribution in [0.3, 0.4) is 0 Å². The quantitative estimate of drug-likeness (QED) is 0.701. The zero-order chi connectivity index (χ0) is 23.3. The second-order valence-electron chi connectivity index (χ2n) is 9.88. The van der Waals surface area contributed by atoms with Gasteiger partial charge in [0.05, 0.1) is 24.2 Å². The highest BCUT2D eigenvalue weighted by molar-refractivity contribution is 5.84. The molecule has 3 rings (SSSR count). The number of amides is 2. The minimum atomic E-state index is -0.147. The number of carbonyl (C=O) groups is 2. The second-order valence-corrected chi connectivity index (χ2v) is 9.88. The fourth-order valence-corrected chi connectivity index (χ4v) is 5.32. The SMILES string of the molecule is CCC(C(=O)N1CCC(NC(=O)C(C(C)C)N2CC(C)OC(C)C2)CC1)c1ccccc1. The average Bonchev–Trinajstić information content (AvgIpc) is 2.74. The highest BCUT2D eigenvalue weighted by Crippen LogP contribution is 2.25. The van der Waals surface area contributed by atoms with Crippen LogP contribution < -0.4 is 5.32 Å². The summed E-state index contributed by atoms with van der Waals surface area (Å²) in [6.45, 7) is 13.4. The van der Waals surface area contributed by atoms with Crippen LogP contribution in [0, 0.1) is 5.92 Å². The molecule has 4 unspecified atom stereocenters. The molecular formula is C26H41N3O3. The molecule has 178 valence electrons. The highest BCUT2D eigenvalue weighted by atomic mass is 16.5. The van der Waals surface area contributed by atoms with Crippen molar-refractivity contribution in [2.24, 2.45) is 5.92 Å². The molecule has 0 aliphatic carbocycles. The van der Waals surface area contributed by atoms with Crippen molar-refractivity contribution in [2.75, 3.05) is 26.2 Å². The van der Waals surface area contributed by atoms with E-state index in [-0.39, 0.29) is 47.9 Å². The summed E-state index contributed by atoms with van der Waals surface area (Å²) in [6, 6.07) is 10.0. The van der Waals surface area contributed by atoms with E-state index in [4.69, 9.17) is 4.74 Å². The first-order chi connectivity index (χ1) is 15.3. The van der Waals surface area contributed by atoms with Crippen molar-refractivity contribution in [3.8, 4) is 0 Å². The summed E-state index contributed by atoms with van der Waals surface area (Å²) in [4.78, 5) is 30.7. The van der Waals surface area contributed by atoms with Gasteiger partial charge in [0.25, 0.3) is 0 Å². The number of ether oxygens (including phenoxy) is 1. The zero-order valence-electron chi connectivity index (χ0n) is 20.4. The predicted octanol–water partition coefficient (Wildman–Crippen LogP) is 3.42. The standard InChI is InChI=1S/C26H41N3O3/c1-6-23(21-10-8-7-9-11-21)26(31)28-14-12-22(13-15-28)27-25(30)24(18(2)3)29-16-19(4)32-20(5)17-29/h7-11,18-20,22-24H,6,12-17H2,1-5H3,(H,27,30). The molecule has 1 N–H and O–H groups in total. The van der Waals surface area contributed by atoms with E-state index < -0.39 is 0 Å². The highest BCUT2D eigenvalue weighted by Gasteiger charge is 2.36. The number of hydrogen-bond acceptors (Lipinski definition) is 4. The van der Waals surface area contributed by atoms with Crippen LogP contribution >= 0.6 is 0 Å². The molecule has 0 bridgehead atoms. The van der Waals surface area contributed by atoms with Crippen LogP contribution in [0.2, 0.25) is 0 Å². The lowest BCUT2D eigenvalue weighted by atomic mass is 9.93. The van der Waals surface area contributed by atoms with E-state index in [0.717, 1.165) is 37.9 Å². The molecular weight excluding hydrogens is 402 g/mol. The lowest BCUT2D eigenvalue weighted by molar-refractivity contribution is -0.137. The first-order valence-corrected chi connectivity index (χ1v) is 12.3. The number of hydrogen-bond donors (Lipinski definition) is 1. The first-order valence-electron chi connectivity index (χ1n) is 12.3. The summed E-state index contributed by atoms with van der Waals surface area (Å²) >= 11 is 0. The Kier molecular flexibility index (Phi) is 8.72. The van der Waals surface area contributed by atoms with E-state index in [2.05, 4.69) is 44.8 Å². The molecule has 0 saturated carbocycles. The Morgan fingerprint density at radius 3 is 2.19 bits per heavy atom. The summed E-state index contributed by atoms with van der Waals surface area (Å²) in [5.41, 5.74) is 1.09. The number of carbonyl (C=O) groups excluding carboxylic acids is 2. The van der Waals surface area contributed by atoms with Gasteiger partial charge < -0.3 is 15.0 Å². The summed E-state index contributed by atoms with van der Waals surface area (Å²) < 4.78 is 5.86. The van der Waals surface area contributed by atoms with Crippen molar-refractivity contribution in [3.05, 3.63) is 35.9 Å². The summed E-state index contributed by atoms with van der Waals surface area (Å²) in [7, 11) is 0. The fourth-order valence-electron chi connectivity index (χ4n) is 5.32. The van der Waals surface area contributed by atoms with Crippen LogP contribution in [0.5, 0.6) is 0 Å². The number of nitrogens with zero attached hydrogens (tertiary/aromatic N) is 2. The van der Waals surface area contributed by atoms with Gasteiger partial charge in [0.1, 0.15) is 0 Å². The zero-order valence-corrected chi connectivity index (χ0v) is 20.4. The van der Waals surface area contributed by atoms with Crippen molar-refractivity contribution in [2.45, 2.75) is 84.1 Å². The lowest BCUT2D eigenvalue weighted by Gasteiger charge is -2.42. The fraction of sp³-hybridized carbons (Fsp3) is 0.692. The topological polar surface area (TPSA) is 61.9 Å². The summed E-state index contributed by atoms with van der Waals surface area (Å²) in [6.07, 6.45) is 2.69. The van der Waals surface area contributed by atoms with Gasteiger partial charge in [-0.1, -0.05) is 51.1 Å². The van der Waals surface area contributed by atoms with Crippen LogP contribution in [0.4, 0.5) is 0 Å². The number of likely N-dealkylation sites (tertiary alicyclic amines) is 1. The third-order valence-electron chi connectivity index (χ3n) is 6.80. The van der Waals surface area contributed by atoms with Gasteiger partial charge in [-0.2, -0.15) is 0 Å². The number of rotatable bonds is 7. The van der Waals surface area contributed by atoms with Gasteiger partial charge in [-0.05, 0) is 44.6 Å². The Hall–Kier alpha value is -1.92. The smallest absolute Gasteiger partial charge is 0.237 e. The van der Waals surface area contributed by atoms with Crippen LogP contribution in [0.1, 0.15) is 65.4 Å². The largest absolute Gasteiger partial charge is 0.373 e. The average molecular weight is 444 g/mol. The molecule has 0 spiro atoms. The molecule has 2 heterocycles. The predicted molar refractivity (Wildman–Crippen MR) is 127 cm³/mol. The van der Waals surface area contributed by atoms with Crippen LogP contribution in [0.15, 0.2) is 30.3 Å². The Labute approximate surface area is 193 Å². The lowest BCUT2D eigenvalue weighted by Crippen LogP contribution is -2.59. The van der Waals surface area contributed by atoms with Gasteiger partial charge in [0.2, 0.25) is 11.8 Å². The van der Waals surface area contributed by atoms with Crippen LogP contribution in [0.25, 0.3) is 0 Å². The maximum absolute atomic E-state index is 13.2.